The highest BCUT2D eigenvalue weighted by Crippen LogP contribution is 2.45. The maximum atomic E-state index is 14.5. The molecule has 4 amide bonds. The number of nitrogens with one attached hydrogen (secondary N) is 4. The number of ether oxygens (including phenoxy) is 4. The van der Waals surface area contributed by atoms with Gasteiger partial charge in [0.25, 0.3) is 0 Å². The first-order chi connectivity index (χ1) is 30.6. The maximum Gasteiger partial charge on any atom is 0.407 e. The second-order valence-corrected chi connectivity index (χ2v) is 17.8. The lowest BCUT2D eigenvalue weighted by molar-refractivity contribution is -0.142. The molecule has 1 unspecified atom stereocenters. The number of imidazole rings is 2. The summed E-state index contributed by atoms with van der Waals surface area (Å²) in [4.78, 5) is 73.7. The summed E-state index contributed by atoms with van der Waals surface area (Å²) in [6.45, 7) is 5.53. The Morgan fingerprint density at radius 1 is 0.952 bits per heavy atom. The minimum atomic E-state index is -0.763. The van der Waals surface area contributed by atoms with E-state index in [1.807, 2.05) is 29.0 Å². The summed E-state index contributed by atoms with van der Waals surface area (Å²) in [6, 6.07) is 12.9. The Hall–Kier alpha value is -6.16. The monoisotopic (exact) mass is 858 g/mol. The SMILES string of the molecule is CC[C@H]1CC[C@@H](c2nc3c(ccc4cc5c(cc43)OCc3cc(-c4cnc([C@@H]6CC[C@@H]7CC(C)[C@H](NC(=O)OC)C(=O)N76)[nH]4)ccc3-5)[nH]2)N1C(=O)[C@@H](NC(=O)OC)[C@H]1CCCOC1. The molecule has 7 heterocycles. The number of carbonyl (C=O) groups is 4. The van der Waals surface area contributed by atoms with Gasteiger partial charge in [-0.2, -0.15) is 0 Å². The minimum absolute atomic E-state index is 0.00442. The van der Waals surface area contributed by atoms with Gasteiger partial charge < -0.3 is 49.3 Å². The molecule has 5 aliphatic rings. The second-order valence-electron chi connectivity index (χ2n) is 17.8. The van der Waals surface area contributed by atoms with Crippen molar-refractivity contribution in [3.8, 4) is 28.1 Å². The first-order valence-corrected chi connectivity index (χ1v) is 22.3. The van der Waals surface area contributed by atoms with Gasteiger partial charge in [-0.1, -0.05) is 32.0 Å². The number of piperidine rings is 1. The fourth-order valence-corrected chi connectivity index (χ4v) is 11.0. The van der Waals surface area contributed by atoms with E-state index in [0.717, 1.165) is 119 Å². The van der Waals surface area contributed by atoms with Crippen LogP contribution in [0.5, 0.6) is 5.75 Å². The van der Waals surface area contributed by atoms with Crippen LogP contribution in [0.3, 0.4) is 0 Å². The number of aromatic amines is 2. The van der Waals surface area contributed by atoms with Crippen LogP contribution >= 0.6 is 0 Å². The smallest absolute Gasteiger partial charge is 0.407 e. The molecule has 63 heavy (non-hydrogen) atoms. The van der Waals surface area contributed by atoms with Crippen molar-refractivity contribution in [1.29, 1.82) is 0 Å². The summed E-state index contributed by atoms with van der Waals surface area (Å²) >= 11 is 0. The van der Waals surface area contributed by atoms with Gasteiger partial charge in [0.2, 0.25) is 11.8 Å². The van der Waals surface area contributed by atoms with E-state index in [0.29, 0.717) is 19.8 Å². The predicted molar refractivity (Wildman–Crippen MR) is 232 cm³/mol. The molecule has 16 nitrogen and oxygen atoms in total. The number of benzene rings is 3. The normalized spacial score (nSPS) is 25.8. The molecule has 5 aromatic rings. The number of alkyl carbamates (subject to hydrolysis) is 2. The van der Waals surface area contributed by atoms with Crippen molar-refractivity contribution in [3.05, 3.63) is 65.9 Å². The number of likely N-dealkylation sites (tertiary alicyclic amines) is 1. The molecule has 4 N–H and O–H groups in total. The van der Waals surface area contributed by atoms with E-state index in [1.165, 1.54) is 14.2 Å². The molecule has 0 radical (unpaired) electrons. The molecule has 10 rings (SSSR count). The third-order valence-corrected chi connectivity index (χ3v) is 14.2. The van der Waals surface area contributed by atoms with Gasteiger partial charge in [0.1, 0.15) is 36.1 Å². The van der Waals surface area contributed by atoms with Crippen LogP contribution in [0.2, 0.25) is 0 Å². The lowest BCUT2D eigenvalue weighted by atomic mass is 9.88. The number of hydrogen-bond acceptors (Lipinski definition) is 10. The molecule has 3 aromatic carbocycles. The summed E-state index contributed by atoms with van der Waals surface area (Å²) in [6.07, 6.45) is 7.04. The topological polar surface area (TPSA) is 193 Å². The van der Waals surface area contributed by atoms with Gasteiger partial charge >= 0.3 is 12.2 Å². The predicted octanol–water partition coefficient (Wildman–Crippen LogP) is 7.06. The summed E-state index contributed by atoms with van der Waals surface area (Å²) < 4.78 is 22.0. The van der Waals surface area contributed by atoms with Crippen molar-refractivity contribution >= 4 is 45.8 Å². The van der Waals surface area contributed by atoms with Crippen molar-refractivity contribution in [2.45, 2.75) is 108 Å². The molecule has 4 fully saturated rings. The fraction of sp³-hybridized carbons (Fsp3) is 0.489. The van der Waals surface area contributed by atoms with E-state index in [-0.39, 0.29) is 47.8 Å². The van der Waals surface area contributed by atoms with E-state index in [1.54, 1.807) is 0 Å². The highest BCUT2D eigenvalue weighted by atomic mass is 16.5. The Bertz CT molecular complexity index is 2600. The zero-order valence-electron chi connectivity index (χ0n) is 36.1. The van der Waals surface area contributed by atoms with Crippen LogP contribution in [0.4, 0.5) is 9.59 Å². The molecule has 0 spiro atoms. The van der Waals surface area contributed by atoms with Crippen LogP contribution in [0.1, 0.15) is 94.5 Å². The third kappa shape index (κ3) is 7.21. The summed E-state index contributed by atoms with van der Waals surface area (Å²) in [7, 11) is 2.62. The Morgan fingerprint density at radius 2 is 1.79 bits per heavy atom. The summed E-state index contributed by atoms with van der Waals surface area (Å²) in [5, 5.41) is 7.57. The van der Waals surface area contributed by atoms with E-state index in [9.17, 15) is 19.2 Å². The Balaban J connectivity index is 0.905. The van der Waals surface area contributed by atoms with E-state index < -0.39 is 24.3 Å². The second kappa shape index (κ2) is 16.5. The van der Waals surface area contributed by atoms with Gasteiger partial charge in [-0.15, -0.1) is 0 Å². The third-order valence-electron chi connectivity index (χ3n) is 14.2. The Labute approximate surface area is 364 Å². The molecule has 16 heteroatoms. The van der Waals surface area contributed by atoms with Gasteiger partial charge in [0, 0.05) is 35.6 Å². The van der Waals surface area contributed by atoms with E-state index in [4.69, 9.17) is 28.9 Å². The number of aromatic nitrogens is 4. The lowest BCUT2D eigenvalue weighted by Gasteiger charge is -2.41. The number of amides is 4. The van der Waals surface area contributed by atoms with Crippen LogP contribution in [0.25, 0.3) is 44.2 Å². The summed E-state index contributed by atoms with van der Waals surface area (Å²) in [5.41, 5.74) is 6.64. The number of methoxy groups -OCH3 is 2. The number of rotatable bonds is 8. The van der Waals surface area contributed by atoms with Crippen molar-refractivity contribution in [2.24, 2.45) is 11.8 Å². The molecular formula is C47H54N8O8. The largest absolute Gasteiger partial charge is 0.488 e. The molecule has 8 atom stereocenters. The quantitative estimate of drug-likeness (QED) is 0.126. The van der Waals surface area contributed by atoms with Gasteiger partial charge in [-0.05, 0) is 104 Å². The number of nitrogens with zero attached hydrogens (tertiary/aromatic N) is 4. The minimum Gasteiger partial charge on any atom is -0.488 e. The van der Waals surface area contributed by atoms with Crippen LogP contribution in [-0.4, -0.2) is 105 Å². The van der Waals surface area contributed by atoms with Gasteiger partial charge in [-0.25, -0.2) is 19.6 Å². The van der Waals surface area contributed by atoms with Crippen molar-refractivity contribution in [1.82, 2.24) is 40.4 Å². The van der Waals surface area contributed by atoms with E-state index in [2.05, 4.69) is 63.9 Å². The Morgan fingerprint density at radius 3 is 2.59 bits per heavy atom. The molecule has 330 valence electrons. The maximum absolute atomic E-state index is 14.5. The fourth-order valence-electron chi connectivity index (χ4n) is 11.0. The number of carbonyl (C=O) groups excluding carboxylic acids is 4. The van der Waals surface area contributed by atoms with Gasteiger partial charge in [-0.3, -0.25) is 9.59 Å². The zero-order chi connectivity index (χ0) is 43.5. The lowest BCUT2D eigenvalue weighted by Crippen LogP contribution is -2.58. The highest BCUT2D eigenvalue weighted by molar-refractivity contribution is 6.07. The van der Waals surface area contributed by atoms with Crippen LogP contribution in [0, 0.1) is 11.8 Å². The molecule has 0 bridgehead atoms. The highest BCUT2D eigenvalue weighted by Gasteiger charge is 2.48. The number of hydrogen-bond donors (Lipinski definition) is 4. The molecule has 2 aromatic heterocycles. The van der Waals surface area contributed by atoms with Gasteiger partial charge in [0.15, 0.2) is 0 Å². The van der Waals surface area contributed by atoms with Crippen LogP contribution in [-0.2, 0) is 30.4 Å². The van der Waals surface area contributed by atoms with Crippen molar-refractivity contribution in [2.75, 3.05) is 27.4 Å². The standard InChI is InChI=1S/C47H54N8O8/c1-5-29-10-14-37(54(29)45(57)40(53-47(59)61-4)27-7-6-16-62-22-27)43-49-34-13-9-25-19-33-31-12-8-26(18-28(31)23-63-38(33)20-32(25)41(34)51-43)35-21-48-42(50-35)36-15-11-30-17-24(2)39(44(56)55(30)36)52-46(58)60-3/h8-9,12-13,18-21,24,27,29-30,36-37,39-40H,5-7,10-11,14-17,22-23H2,1-4H3,(H,48,50)(H,49,51)(H,52,58)(H,53,59)/t24?,27-,29-,30+,36-,37-,39-,40-/m0/s1. The number of fused-ring (bicyclic) bond motifs is 7. The first-order valence-electron chi connectivity index (χ1n) is 22.3. The molecule has 0 aliphatic carbocycles. The molecule has 4 saturated heterocycles. The van der Waals surface area contributed by atoms with Crippen molar-refractivity contribution < 1.29 is 38.1 Å². The average Bonchev–Trinajstić information content (AvgIpc) is 4.14. The van der Waals surface area contributed by atoms with Crippen LogP contribution < -0.4 is 15.4 Å². The first kappa shape index (κ1) is 40.9. The molecule has 0 saturated carbocycles. The van der Waals surface area contributed by atoms with Crippen molar-refractivity contribution in [3.63, 3.8) is 0 Å². The Kier molecular flexibility index (Phi) is 10.7. The van der Waals surface area contributed by atoms with E-state index >= 15 is 0 Å². The van der Waals surface area contributed by atoms with Crippen LogP contribution in [0.15, 0.2) is 48.7 Å². The molecule has 5 aliphatic heterocycles. The average molecular weight is 859 g/mol. The number of H-pyrrole nitrogens is 2. The molecular weight excluding hydrogens is 805 g/mol. The zero-order valence-corrected chi connectivity index (χ0v) is 36.1. The van der Waals surface area contributed by atoms with Gasteiger partial charge in [0.05, 0.1) is 55.8 Å². The summed E-state index contributed by atoms with van der Waals surface area (Å²) in [5.74, 6) is 1.85.